The summed E-state index contributed by atoms with van der Waals surface area (Å²) in [7, 11) is 0. The summed E-state index contributed by atoms with van der Waals surface area (Å²) in [6.07, 6.45) is 10.5. The Morgan fingerprint density at radius 3 is 2.31 bits per heavy atom. The van der Waals surface area contributed by atoms with Gasteiger partial charge in [-0.15, -0.1) is 0 Å². The molecular formula is C16H20. The Morgan fingerprint density at radius 2 is 1.69 bits per heavy atom. The SMILES string of the molecule is C=Cc1cc2c(cc1C=C)CCC=C2.CC. The second-order valence-corrected chi connectivity index (χ2v) is 3.53. The Morgan fingerprint density at radius 1 is 1.06 bits per heavy atom. The van der Waals surface area contributed by atoms with Crippen LogP contribution in [-0.4, -0.2) is 0 Å². The number of fused-ring (bicyclic) bond motifs is 1. The van der Waals surface area contributed by atoms with Crippen LogP contribution in [0.3, 0.4) is 0 Å². The molecule has 0 heterocycles. The maximum absolute atomic E-state index is 3.82. The molecule has 1 aromatic carbocycles. The van der Waals surface area contributed by atoms with Crippen LogP contribution in [0.25, 0.3) is 18.2 Å². The Balaban J connectivity index is 0.000000606. The van der Waals surface area contributed by atoms with Gasteiger partial charge in [-0.3, -0.25) is 0 Å². The third kappa shape index (κ3) is 2.52. The molecule has 0 aromatic heterocycles. The molecule has 0 atom stereocenters. The van der Waals surface area contributed by atoms with E-state index in [-0.39, 0.29) is 0 Å². The van der Waals surface area contributed by atoms with Crippen LogP contribution in [0.4, 0.5) is 0 Å². The molecule has 0 bridgehead atoms. The minimum absolute atomic E-state index is 1.14. The molecule has 1 aliphatic rings. The second kappa shape index (κ2) is 6.12. The quantitative estimate of drug-likeness (QED) is 0.650. The monoisotopic (exact) mass is 212 g/mol. The van der Waals surface area contributed by atoms with Gasteiger partial charge in [0.2, 0.25) is 0 Å². The van der Waals surface area contributed by atoms with Crippen molar-refractivity contribution in [3.05, 3.63) is 53.6 Å². The van der Waals surface area contributed by atoms with Gasteiger partial charge in [-0.2, -0.15) is 0 Å². The lowest BCUT2D eigenvalue weighted by molar-refractivity contribution is 0.984. The number of rotatable bonds is 2. The molecule has 0 fully saturated rings. The van der Waals surface area contributed by atoms with Crippen molar-refractivity contribution in [2.24, 2.45) is 0 Å². The van der Waals surface area contributed by atoms with Crippen molar-refractivity contribution in [2.75, 3.05) is 0 Å². The number of aryl methyl sites for hydroxylation is 1. The lowest BCUT2D eigenvalue weighted by Gasteiger charge is -2.13. The lowest BCUT2D eigenvalue weighted by atomic mass is 9.92. The molecule has 2 rings (SSSR count). The first-order chi connectivity index (χ1) is 7.85. The van der Waals surface area contributed by atoms with Gasteiger partial charge in [-0.25, -0.2) is 0 Å². The van der Waals surface area contributed by atoms with Gasteiger partial charge in [-0.1, -0.05) is 57.4 Å². The van der Waals surface area contributed by atoms with E-state index in [0.717, 1.165) is 12.8 Å². The van der Waals surface area contributed by atoms with Crippen molar-refractivity contribution in [2.45, 2.75) is 26.7 Å². The van der Waals surface area contributed by atoms with Gasteiger partial charge in [0, 0.05) is 0 Å². The van der Waals surface area contributed by atoms with E-state index in [2.05, 4.69) is 37.4 Å². The van der Waals surface area contributed by atoms with E-state index in [9.17, 15) is 0 Å². The predicted octanol–water partition coefficient (Wildman–Crippen LogP) is 4.96. The summed E-state index contributed by atoms with van der Waals surface area (Å²) in [5, 5.41) is 0. The van der Waals surface area contributed by atoms with Crippen molar-refractivity contribution in [1.82, 2.24) is 0 Å². The standard InChI is InChI=1S/C14H14.C2H6/c1-3-11-9-13-7-5-6-8-14(13)10-12(11)4-2;1-2/h3-5,7,9-10H,1-2,6,8H2;1-2H3. The van der Waals surface area contributed by atoms with Crippen LogP contribution in [-0.2, 0) is 6.42 Å². The van der Waals surface area contributed by atoms with Crippen LogP contribution < -0.4 is 0 Å². The first kappa shape index (κ1) is 12.5. The van der Waals surface area contributed by atoms with Crippen LogP contribution in [0.1, 0.15) is 42.5 Å². The Hall–Kier alpha value is -1.56. The third-order valence-electron chi connectivity index (χ3n) is 2.66. The summed E-state index contributed by atoms with van der Waals surface area (Å²) >= 11 is 0. The lowest BCUT2D eigenvalue weighted by Crippen LogP contribution is -1.96. The van der Waals surface area contributed by atoms with Gasteiger partial charge in [-0.05, 0) is 41.2 Å². The minimum Gasteiger partial charge on any atom is -0.0984 e. The molecule has 0 nitrogen and oxygen atoms in total. The van der Waals surface area contributed by atoms with Gasteiger partial charge >= 0.3 is 0 Å². The number of benzene rings is 1. The molecule has 0 spiro atoms. The molecule has 0 saturated heterocycles. The molecule has 16 heavy (non-hydrogen) atoms. The van der Waals surface area contributed by atoms with Crippen LogP contribution >= 0.6 is 0 Å². The molecule has 0 radical (unpaired) electrons. The molecule has 1 aromatic rings. The minimum atomic E-state index is 1.14. The molecule has 0 aliphatic heterocycles. The Labute approximate surface area is 99.0 Å². The van der Waals surface area contributed by atoms with Gasteiger partial charge in [0.1, 0.15) is 0 Å². The number of hydrogen-bond donors (Lipinski definition) is 0. The van der Waals surface area contributed by atoms with E-state index in [1.165, 1.54) is 22.3 Å². The maximum Gasteiger partial charge on any atom is -0.0184 e. The zero-order chi connectivity index (χ0) is 12.0. The van der Waals surface area contributed by atoms with Crippen LogP contribution in [0.5, 0.6) is 0 Å². The van der Waals surface area contributed by atoms with Crippen molar-refractivity contribution in [3.8, 4) is 0 Å². The topological polar surface area (TPSA) is 0 Å². The van der Waals surface area contributed by atoms with Crippen molar-refractivity contribution in [1.29, 1.82) is 0 Å². The first-order valence-electron chi connectivity index (χ1n) is 5.93. The Kier molecular flexibility index (Phi) is 4.78. The highest BCUT2D eigenvalue weighted by Crippen LogP contribution is 2.24. The molecule has 1 aliphatic carbocycles. The van der Waals surface area contributed by atoms with E-state index in [1.807, 2.05) is 26.0 Å². The zero-order valence-corrected chi connectivity index (χ0v) is 10.3. The Bertz CT molecular complexity index is 408. The summed E-state index contributed by atoms with van der Waals surface area (Å²) < 4.78 is 0. The van der Waals surface area contributed by atoms with Crippen molar-refractivity contribution >= 4 is 18.2 Å². The summed E-state index contributed by atoms with van der Waals surface area (Å²) in [4.78, 5) is 0. The second-order valence-electron chi connectivity index (χ2n) is 3.53. The highest BCUT2D eigenvalue weighted by atomic mass is 14.1. The van der Waals surface area contributed by atoms with E-state index >= 15 is 0 Å². The van der Waals surface area contributed by atoms with Crippen LogP contribution in [0.15, 0.2) is 31.4 Å². The van der Waals surface area contributed by atoms with E-state index in [0.29, 0.717) is 0 Å². The van der Waals surface area contributed by atoms with Gasteiger partial charge in [0.25, 0.3) is 0 Å². The average Bonchev–Trinajstić information content (AvgIpc) is 2.39. The molecule has 0 saturated carbocycles. The van der Waals surface area contributed by atoms with Crippen LogP contribution in [0, 0.1) is 0 Å². The molecule has 0 N–H and O–H groups in total. The van der Waals surface area contributed by atoms with Gasteiger partial charge in [0.05, 0.1) is 0 Å². The van der Waals surface area contributed by atoms with Gasteiger partial charge < -0.3 is 0 Å². The average molecular weight is 212 g/mol. The van der Waals surface area contributed by atoms with Crippen molar-refractivity contribution in [3.63, 3.8) is 0 Å². The third-order valence-corrected chi connectivity index (χ3v) is 2.66. The highest BCUT2D eigenvalue weighted by Gasteiger charge is 2.06. The molecule has 84 valence electrons. The maximum atomic E-state index is 3.82. The zero-order valence-electron chi connectivity index (χ0n) is 10.3. The molecule has 0 unspecified atom stereocenters. The first-order valence-corrected chi connectivity index (χ1v) is 5.93. The molecule has 0 amide bonds. The highest BCUT2D eigenvalue weighted by molar-refractivity contribution is 5.70. The fourth-order valence-electron chi connectivity index (χ4n) is 1.87. The smallest absolute Gasteiger partial charge is 0.0184 e. The fourth-order valence-corrected chi connectivity index (χ4v) is 1.87. The van der Waals surface area contributed by atoms with Crippen LogP contribution in [0.2, 0.25) is 0 Å². The number of allylic oxidation sites excluding steroid dienone is 1. The fraction of sp³-hybridized carbons (Fsp3) is 0.250. The summed E-state index contributed by atoms with van der Waals surface area (Å²) in [5.41, 5.74) is 5.11. The van der Waals surface area contributed by atoms with Gasteiger partial charge in [0.15, 0.2) is 0 Å². The largest absolute Gasteiger partial charge is 0.0984 e. The normalized spacial score (nSPS) is 12.1. The molecule has 0 heteroatoms. The number of hydrogen-bond acceptors (Lipinski definition) is 0. The summed E-state index contributed by atoms with van der Waals surface area (Å²) in [6, 6.07) is 4.41. The molecular weight excluding hydrogens is 192 g/mol. The van der Waals surface area contributed by atoms with E-state index in [1.54, 1.807) is 0 Å². The van der Waals surface area contributed by atoms with E-state index in [4.69, 9.17) is 0 Å². The predicted molar refractivity (Wildman–Crippen MR) is 75.3 cm³/mol. The summed E-state index contributed by atoms with van der Waals surface area (Å²) in [6.45, 7) is 11.6. The summed E-state index contributed by atoms with van der Waals surface area (Å²) in [5.74, 6) is 0. The van der Waals surface area contributed by atoms with Crippen molar-refractivity contribution < 1.29 is 0 Å². The van der Waals surface area contributed by atoms with E-state index < -0.39 is 0 Å².